The molecule has 4 rings (SSSR count). The number of benzene rings is 2. The summed E-state index contributed by atoms with van der Waals surface area (Å²) in [6, 6.07) is 7.76. The van der Waals surface area contributed by atoms with E-state index < -0.39 is 5.82 Å². The van der Waals surface area contributed by atoms with Crippen molar-refractivity contribution in [2.75, 3.05) is 44.5 Å². The van der Waals surface area contributed by atoms with Gasteiger partial charge in [-0.2, -0.15) is 0 Å². The van der Waals surface area contributed by atoms with E-state index in [1.165, 1.54) is 31.6 Å². The van der Waals surface area contributed by atoms with Gasteiger partial charge in [-0.05, 0) is 31.3 Å². The number of hydrogen-bond donors (Lipinski definition) is 2. The molecule has 0 bridgehead atoms. The fraction of sp³-hybridized carbons (Fsp3) is 0.261. The van der Waals surface area contributed by atoms with Crippen molar-refractivity contribution < 1.29 is 18.7 Å². The summed E-state index contributed by atoms with van der Waals surface area (Å²) < 4.78 is 24.4. The fourth-order valence-corrected chi connectivity index (χ4v) is 3.62. The number of anilines is 3. The van der Waals surface area contributed by atoms with E-state index in [1.807, 2.05) is 13.1 Å². The van der Waals surface area contributed by atoms with Gasteiger partial charge in [-0.15, -0.1) is 0 Å². The Labute approximate surface area is 195 Å². The number of amides is 1. The Hall–Kier alpha value is -3.27. The van der Waals surface area contributed by atoms with Crippen molar-refractivity contribution in [2.45, 2.75) is 6.04 Å². The lowest BCUT2D eigenvalue weighted by Gasteiger charge is -2.30. The summed E-state index contributed by atoms with van der Waals surface area (Å²) in [5.74, 6) is 0.112. The molecule has 1 fully saturated rings. The fourth-order valence-electron chi connectivity index (χ4n) is 3.44. The van der Waals surface area contributed by atoms with Crippen LogP contribution in [0.5, 0.6) is 5.75 Å². The Bertz CT molecular complexity index is 1210. The summed E-state index contributed by atoms with van der Waals surface area (Å²) in [5, 5.41) is 6.60. The van der Waals surface area contributed by atoms with E-state index in [-0.39, 0.29) is 17.0 Å². The Morgan fingerprint density at radius 2 is 2.18 bits per heavy atom. The Morgan fingerprint density at radius 3 is 2.94 bits per heavy atom. The van der Waals surface area contributed by atoms with E-state index >= 15 is 0 Å². The molecular weight excluding hydrogens is 449 g/mol. The van der Waals surface area contributed by atoms with E-state index in [0.29, 0.717) is 47.1 Å². The number of carbonyl (C=O) groups excluding carboxylic acids is 1. The number of nitrogens with one attached hydrogen (secondary N) is 2. The second-order valence-corrected chi connectivity index (χ2v) is 7.92. The maximum atomic E-state index is 13.5. The lowest BCUT2D eigenvalue weighted by molar-refractivity contribution is -0.112. The number of nitrogens with zero attached hydrogens (tertiary/aromatic N) is 3. The molecule has 1 amide bonds. The third-order valence-corrected chi connectivity index (χ3v) is 5.60. The van der Waals surface area contributed by atoms with E-state index in [1.54, 1.807) is 18.2 Å². The maximum Gasteiger partial charge on any atom is 0.248 e. The van der Waals surface area contributed by atoms with Crippen LogP contribution in [0.3, 0.4) is 0 Å². The van der Waals surface area contributed by atoms with Crippen LogP contribution in [0.4, 0.5) is 21.6 Å². The van der Waals surface area contributed by atoms with Gasteiger partial charge in [-0.25, -0.2) is 14.4 Å². The number of ether oxygens (including phenoxy) is 2. The topological polar surface area (TPSA) is 88.6 Å². The molecule has 1 saturated heterocycles. The van der Waals surface area contributed by atoms with Crippen LogP contribution in [0.1, 0.15) is 0 Å². The van der Waals surface area contributed by atoms with Crippen LogP contribution in [0.25, 0.3) is 10.9 Å². The molecule has 1 aliphatic heterocycles. The first-order valence-corrected chi connectivity index (χ1v) is 10.6. The molecule has 172 valence electrons. The first kappa shape index (κ1) is 22.9. The largest absolute Gasteiger partial charge is 0.494 e. The minimum Gasteiger partial charge on any atom is -0.494 e. The molecule has 33 heavy (non-hydrogen) atoms. The van der Waals surface area contributed by atoms with Crippen LogP contribution < -0.4 is 15.4 Å². The quantitative estimate of drug-likeness (QED) is 0.525. The van der Waals surface area contributed by atoms with Gasteiger partial charge in [0.05, 0.1) is 42.6 Å². The van der Waals surface area contributed by atoms with E-state index in [9.17, 15) is 9.18 Å². The zero-order chi connectivity index (χ0) is 23.4. The molecule has 3 aromatic rings. The van der Waals surface area contributed by atoms with Crippen LogP contribution in [-0.4, -0.2) is 60.7 Å². The smallest absolute Gasteiger partial charge is 0.248 e. The molecule has 0 aliphatic carbocycles. The molecule has 1 aromatic heterocycles. The van der Waals surface area contributed by atoms with E-state index in [4.69, 9.17) is 21.1 Å². The van der Waals surface area contributed by atoms with Crippen molar-refractivity contribution in [1.82, 2.24) is 14.9 Å². The number of rotatable bonds is 6. The first-order chi connectivity index (χ1) is 15.9. The molecule has 2 aromatic carbocycles. The number of methoxy groups -OCH3 is 1. The van der Waals surface area contributed by atoms with Gasteiger partial charge in [-0.1, -0.05) is 17.7 Å². The van der Waals surface area contributed by atoms with Crippen LogP contribution >= 0.6 is 11.6 Å². The van der Waals surface area contributed by atoms with Gasteiger partial charge in [0.15, 0.2) is 0 Å². The van der Waals surface area contributed by atoms with Gasteiger partial charge in [-0.3, -0.25) is 9.69 Å². The van der Waals surface area contributed by atoms with Gasteiger partial charge in [0.1, 0.15) is 23.7 Å². The first-order valence-electron chi connectivity index (χ1n) is 10.3. The number of morpholine rings is 1. The van der Waals surface area contributed by atoms with Gasteiger partial charge >= 0.3 is 0 Å². The number of halogens is 2. The third-order valence-electron chi connectivity index (χ3n) is 5.31. The van der Waals surface area contributed by atoms with Crippen LogP contribution in [0, 0.1) is 5.82 Å². The van der Waals surface area contributed by atoms with E-state index in [0.717, 1.165) is 6.54 Å². The highest BCUT2D eigenvalue weighted by molar-refractivity contribution is 6.31. The molecule has 1 aliphatic rings. The predicted molar refractivity (Wildman–Crippen MR) is 126 cm³/mol. The lowest BCUT2D eigenvalue weighted by Crippen LogP contribution is -2.41. The van der Waals surface area contributed by atoms with Gasteiger partial charge < -0.3 is 20.1 Å². The number of fused-ring (bicyclic) bond motifs is 1. The predicted octanol–water partition coefficient (Wildman–Crippen LogP) is 4.00. The SMILES string of the molecule is COc1cc2ncnc(Nc3ccc(F)c(Cl)c3)c2cc1NC(=O)C=CC1COCCN1C. The van der Waals surface area contributed by atoms with Crippen molar-refractivity contribution in [3.63, 3.8) is 0 Å². The van der Waals surface area contributed by atoms with Gasteiger partial charge in [0.2, 0.25) is 5.91 Å². The third kappa shape index (κ3) is 5.39. The highest BCUT2D eigenvalue weighted by Gasteiger charge is 2.17. The molecule has 0 radical (unpaired) electrons. The molecule has 1 unspecified atom stereocenters. The minimum absolute atomic E-state index is 0.00576. The Morgan fingerprint density at radius 1 is 1.33 bits per heavy atom. The number of likely N-dealkylation sites (N-methyl/N-ethyl adjacent to an activating group) is 1. The molecule has 2 heterocycles. The van der Waals surface area contributed by atoms with Crippen molar-refractivity contribution in [2.24, 2.45) is 0 Å². The molecule has 1 atom stereocenters. The Balaban J connectivity index is 1.60. The normalized spacial score (nSPS) is 16.8. The van der Waals surface area contributed by atoms with Crippen molar-refractivity contribution in [3.05, 3.63) is 59.7 Å². The molecule has 2 N–H and O–H groups in total. The summed E-state index contributed by atoms with van der Waals surface area (Å²) >= 11 is 5.89. The second kappa shape index (κ2) is 10.1. The van der Waals surface area contributed by atoms with Crippen molar-refractivity contribution >= 4 is 45.6 Å². The maximum absolute atomic E-state index is 13.5. The van der Waals surface area contributed by atoms with Gasteiger partial charge in [0.25, 0.3) is 0 Å². The molecule has 10 heteroatoms. The van der Waals surface area contributed by atoms with Crippen LogP contribution in [-0.2, 0) is 9.53 Å². The highest BCUT2D eigenvalue weighted by Crippen LogP contribution is 2.33. The van der Waals surface area contributed by atoms with Crippen molar-refractivity contribution in [1.29, 1.82) is 0 Å². The number of hydrogen-bond acceptors (Lipinski definition) is 7. The molecular formula is C23H23ClFN5O3. The summed E-state index contributed by atoms with van der Waals surface area (Å²) in [7, 11) is 3.51. The molecule has 0 saturated carbocycles. The zero-order valence-corrected chi connectivity index (χ0v) is 18.9. The average Bonchev–Trinajstić information content (AvgIpc) is 2.81. The van der Waals surface area contributed by atoms with Crippen LogP contribution in [0.2, 0.25) is 5.02 Å². The molecule has 0 spiro atoms. The van der Waals surface area contributed by atoms with E-state index in [2.05, 4.69) is 25.5 Å². The van der Waals surface area contributed by atoms with Gasteiger partial charge in [0, 0.05) is 29.8 Å². The average molecular weight is 472 g/mol. The zero-order valence-electron chi connectivity index (χ0n) is 18.1. The highest BCUT2D eigenvalue weighted by atomic mass is 35.5. The number of carbonyl (C=O) groups is 1. The Kier molecular flexibility index (Phi) is 7.02. The summed E-state index contributed by atoms with van der Waals surface area (Å²) in [6.07, 6.45) is 4.70. The van der Waals surface area contributed by atoms with Crippen LogP contribution in [0.15, 0.2) is 48.8 Å². The summed E-state index contributed by atoms with van der Waals surface area (Å²) in [6.45, 7) is 2.04. The monoisotopic (exact) mass is 471 g/mol. The second-order valence-electron chi connectivity index (χ2n) is 7.52. The molecule has 8 nitrogen and oxygen atoms in total. The number of aromatic nitrogens is 2. The summed E-state index contributed by atoms with van der Waals surface area (Å²) in [5.41, 5.74) is 1.62. The standard InChI is InChI=1S/C23H23ClFN5O3/c1-30-7-8-33-12-15(30)4-6-22(31)29-20-10-16-19(11-21(20)32-2)26-13-27-23(16)28-14-3-5-18(25)17(24)9-14/h3-6,9-11,13,15H,7-8,12H2,1-2H3,(H,29,31)(H,26,27,28). The summed E-state index contributed by atoms with van der Waals surface area (Å²) in [4.78, 5) is 23.3. The van der Waals surface area contributed by atoms with Crippen molar-refractivity contribution in [3.8, 4) is 5.75 Å². The minimum atomic E-state index is -0.511. The lowest BCUT2D eigenvalue weighted by atomic mass is 10.1.